The first-order valence-corrected chi connectivity index (χ1v) is 11.7. The van der Waals surface area contributed by atoms with Gasteiger partial charge in [-0.15, -0.1) is 0 Å². The molecule has 0 bridgehead atoms. The van der Waals surface area contributed by atoms with Crippen molar-refractivity contribution in [1.82, 2.24) is 0 Å². The van der Waals surface area contributed by atoms with E-state index in [1.807, 2.05) is 6.92 Å². The first kappa shape index (κ1) is 24.2. The molecule has 0 aromatic rings. The lowest BCUT2D eigenvalue weighted by Gasteiger charge is -2.62. The number of ether oxygens (including phenoxy) is 1. The highest BCUT2D eigenvalue weighted by Crippen LogP contribution is 2.69. The second kappa shape index (κ2) is 8.08. The fourth-order valence-corrected chi connectivity index (χ4v) is 7.30. The Morgan fingerprint density at radius 1 is 1.30 bits per heavy atom. The monoisotopic (exact) mass is 465 g/mol. The largest absolute Gasteiger partial charge is 0.458 e. The van der Waals surface area contributed by atoms with Crippen molar-refractivity contribution in [2.45, 2.75) is 76.9 Å². The first-order chi connectivity index (χ1) is 15.3. The Labute approximate surface area is 192 Å². The Hall–Kier alpha value is -1.93. The lowest BCUT2D eigenvalue weighted by Crippen LogP contribution is -2.68. The zero-order valence-corrected chi connectivity index (χ0v) is 19.4. The van der Waals surface area contributed by atoms with Gasteiger partial charge in [0.25, 0.3) is 0 Å². The van der Waals surface area contributed by atoms with E-state index in [9.17, 15) is 19.5 Å². The fraction of sp³-hybridized carbons (Fsp3) is 0.720. The molecule has 0 aromatic carbocycles. The van der Waals surface area contributed by atoms with E-state index in [0.717, 1.165) is 0 Å². The molecule has 0 aromatic heterocycles. The Kier molecular flexibility index (Phi) is 5.93. The van der Waals surface area contributed by atoms with E-state index in [2.05, 4.69) is 0 Å². The molecule has 3 saturated carbocycles. The third-order valence-electron chi connectivity index (χ3n) is 8.88. The van der Waals surface area contributed by atoms with E-state index >= 15 is 8.78 Å². The van der Waals surface area contributed by atoms with Crippen molar-refractivity contribution >= 4 is 17.5 Å². The summed E-state index contributed by atoms with van der Waals surface area (Å²) in [5, 5.41) is 11.2. The van der Waals surface area contributed by atoms with Crippen molar-refractivity contribution in [1.29, 1.82) is 0 Å². The third kappa shape index (κ3) is 3.52. The summed E-state index contributed by atoms with van der Waals surface area (Å²) in [6, 6.07) is -0.378. The molecule has 7 unspecified atom stereocenters. The zero-order chi connectivity index (χ0) is 24.3. The number of hydrogen-bond donors (Lipinski definition) is 2. The van der Waals surface area contributed by atoms with E-state index < -0.39 is 46.6 Å². The van der Waals surface area contributed by atoms with Crippen molar-refractivity contribution in [3.63, 3.8) is 0 Å². The highest BCUT2D eigenvalue weighted by Gasteiger charge is 2.72. The van der Waals surface area contributed by atoms with Crippen LogP contribution in [0.25, 0.3) is 0 Å². The van der Waals surface area contributed by atoms with Crippen LogP contribution in [0.2, 0.25) is 0 Å². The minimum atomic E-state index is -2.15. The molecule has 9 atom stereocenters. The molecule has 182 valence electrons. The molecular formula is C25H33F2NO5. The molecule has 8 heteroatoms. The van der Waals surface area contributed by atoms with Gasteiger partial charge < -0.3 is 15.6 Å². The lowest BCUT2D eigenvalue weighted by molar-refractivity contribution is -0.202. The second-order valence-electron chi connectivity index (χ2n) is 10.9. The molecule has 0 heterocycles. The van der Waals surface area contributed by atoms with Crippen LogP contribution in [0.3, 0.4) is 0 Å². The highest BCUT2D eigenvalue weighted by atomic mass is 19.1. The number of Topliss-reactive ketones (excluding diaryl/α,β-unsaturated/α-hetero) is 1. The fourth-order valence-electron chi connectivity index (χ4n) is 7.30. The maximum atomic E-state index is 17.0. The van der Waals surface area contributed by atoms with Crippen LogP contribution in [0.1, 0.15) is 52.9 Å². The third-order valence-corrected chi connectivity index (χ3v) is 8.88. The van der Waals surface area contributed by atoms with Gasteiger partial charge in [0.2, 0.25) is 0 Å². The Morgan fingerprint density at radius 2 is 2.00 bits per heavy atom. The van der Waals surface area contributed by atoms with Gasteiger partial charge in [-0.3, -0.25) is 14.4 Å². The van der Waals surface area contributed by atoms with Crippen LogP contribution in [-0.2, 0) is 19.1 Å². The van der Waals surface area contributed by atoms with Gasteiger partial charge in [-0.1, -0.05) is 13.0 Å². The molecule has 3 N–H and O–H groups in total. The van der Waals surface area contributed by atoms with Gasteiger partial charge in [-0.05, 0) is 68.6 Å². The van der Waals surface area contributed by atoms with Crippen molar-refractivity contribution < 1.29 is 33.0 Å². The molecular weight excluding hydrogens is 432 g/mol. The molecule has 0 radical (unpaired) electrons. The maximum absolute atomic E-state index is 17.0. The standard InChI is InChI=1S/C25H33F2NO5/c1-13(28)8-22(32)33-12-20(30)16-5-4-15-17-10-19(26)18-9-14(29)6-7-24(18,3)25(17,27)21(31)11-23(15,16)2/h6-7,9,13,15-17,19,21,31H,4-5,8,10-12,28H2,1-3H3/t13?,15?,16?,17?,19-,21?,23?,24?,25-/m0/s1. The van der Waals surface area contributed by atoms with E-state index in [0.29, 0.717) is 12.8 Å². The van der Waals surface area contributed by atoms with Gasteiger partial charge in [0.1, 0.15) is 12.8 Å². The topological polar surface area (TPSA) is 107 Å². The molecule has 4 aliphatic rings. The van der Waals surface area contributed by atoms with E-state index in [1.54, 1.807) is 13.8 Å². The summed E-state index contributed by atoms with van der Waals surface area (Å²) < 4.78 is 37.4. The first-order valence-electron chi connectivity index (χ1n) is 11.7. The Bertz CT molecular complexity index is 932. The van der Waals surface area contributed by atoms with Gasteiger partial charge in [0.15, 0.2) is 17.2 Å². The summed E-state index contributed by atoms with van der Waals surface area (Å²) in [5.74, 6) is -2.84. The van der Waals surface area contributed by atoms with Crippen molar-refractivity contribution in [2.24, 2.45) is 34.3 Å². The Balaban J connectivity index is 1.60. The van der Waals surface area contributed by atoms with Crippen LogP contribution < -0.4 is 5.73 Å². The van der Waals surface area contributed by atoms with E-state index in [1.165, 1.54) is 18.2 Å². The molecule has 4 rings (SSSR count). The van der Waals surface area contributed by atoms with Gasteiger partial charge in [0.05, 0.1) is 12.5 Å². The van der Waals surface area contributed by atoms with Crippen LogP contribution in [0.15, 0.2) is 23.8 Å². The average molecular weight is 466 g/mol. The number of aliphatic hydroxyl groups is 1. The number of aliphatic hydroxyl groups excluding tert-OH is 1. The normalized spacial score (nSPS) is 44.9. The molecule has 4 aliphatic carbocycles. The number of halogens is 2. The van der Waals surface area contributed by atoms with E-state index in [4.69, 9.17) is 10.5 Å². The molecule has 0 spiro atoms. The van der Waals surface area contributed by atoms with Crippen LogP contribution in [-0.4, -0.2) is 53.2 Å². The SMILES string of the molecule is CC(N)CC(=O)OCC(=O)C1CCC2C3C[C@H](F)C4=CC(=O)C=CC4(C)[C@@]3(F)C(O)CC12C. The van der Waals surface area contributed by atoms with Gasteiger partial charge in [-0.25, -0.2) is 8.78 Å². The van der Waals surface area contributed by atoms with Gasteiger partial charge in [0, 0.05) is 23.3 Å². The molecule has 33 heavy (non-hydrogen) atoms. The maximum Gasteiger partial charge on any atom is 0.307 e. The smallest absolute Gasteiger partial charge is 0.307 e. The molecule has 0 amide bonds. The van der Waals surface area contributed by atoms with Crippen LogP contribution >= 0.6 is 0 Å². The van der Waals surface area contributed by atoms with Crippen LogP contribution in [0.5, 0.6) is 0 Å². The van der Waals surface area contributed by atoms with Crippen molar-refractivity contribution in [3.05, 3.63) is 23.8 Å². The number of rotatable bonds is 5. The van der Waals surface area contributed by atoms with Crippen molar-refractivity contribution in [2.75, 3.05) is 6.61 Å². The number of fused-ring (bicyclic) bond motifs is 5. The number of nitrogens with two attached hydrogens (primary N) is 1. The van der Waals surface area contributed by atoms with E-state index in [-0.39, 0.29) is 55.0 Å². The number of esters is 1. The number of carbonyl (C=O) groups excluding carboxylic acids is 3. The summed E-state index contributed by atoms with van der Waals surface area (Å²) in [6.07, 6.45) is 1.78. The zero-order valence-electron chi connectivity index (χ0n) is 19.4. The molecule has 0 aliphatic heterocycles. The second-order valence-corrected chi connectivity index (χ2v) is 10.9. The van der Waals surface area contributed by atoms with Crippen LogP contribution in [0.4, 0.5) is 8.78 Å². The number of alkyl halides is 2. The minimum absolute atomic E-state index is 0.00530. The highest BCUT2D eigenvalue weighted by molar-refractivity contribution is 6.01. The number of ketones is 2. The summed E-state index contributed by atoms with van der Waals surface area (Å²) in [4.78, 5) is 36.7. The lowest BCUT2D eigenvalue weighted by atomic mass is 9.45. The molecule has 3 fully saturated rings. The van der Waals surface area contributed by atoms with Gasteiger partial charge in [-0.2, -0.15) is 0 Å². The average Bonchev–Trinajstić information content (AvgIpc) is 3.06. The van der Waals surface area contributed by atoms with Crippen molar-refractivity contribution in [3.8, 4) is 0 Å². The summed E-state index contributed by atoms with van der Waals surface area (Å²) in [7, 11) is 0. The minimum Gasteiger partial charge on any atom is -0.458 e. The molecule has 0 saturated heterocycles. The van der Waals surface area contributed by atoms with Gasteiger partial charge >= 0.3 is 5.97 Å². The quantitative estimate of drug-likeness (QED) is 0.605. The number of carbonyl (C=O) groups is 3. The number of allylic oxidation sites excluding steroid dienone is 4. The predicted octanol–water partition coefficient (Wildman–Crippen LogP) is 2.77. The summed E-state index contributed by atoms with van der Waals surface area (Å²) >= 11 is 0. The Morgan fingerprint density at radius 3 is 2.67 bits per heavy atom. The predicted molar refractivity (Wildman–Crippen MR) is 116 cm³/mol. The summed E-state index contributed by atoms with van der Waals surface area (Å²) in [6.45, 7) is 4.70. The number of hydrogen-bond acceptors (Lipinski definition) is 6. The summed E-state index contributed by atoms with van der Waals surface area (Å²) in [5.41, 5.74) is 1.36. The van der Waals surface area contributed by atoms with Crippen LogP contribution in [0, 0.1) is 28.6 Å². The molecule has 6 nitrogen and oxygen atoms in total.